The molecule has 3 aliphatic carbocycles. The number of rotatable bonds is 3. The molecular formula is C22H21N7. The molecule has 8 rings (SSSR count). The number of H-pyrrole nitrogens is 1. The van der Waals surface area contributed by atoms with Crippen molar-refractivity contribution in [3.8, 4) is 17.2 Å². The monoisotopic (exact) mass is 383 g/mol. The lowest BCUT2D eigenvalue weighted by molar-refractivity contribution is 0.472. The van der Waals surface area contributed by atoms with Gasteiger partial charge in [0.25, 0.3) is 0 Å². The zero-order valence-electron chi connectivity index (χ0n) is 16.1. The van der Waals surface area contributed by atoms with Crippen LogP contribution in [-0.4, -0.2) is 34.7 Å². The minimum Gasteiger partial charge on any atom is -0.278 e. The first-order valence-electron chi connectivity index (χ1n) is 10.7. The maximum Gasteiger partial charge on any atom is 0.183 e. The predicted octanol–water partition coefficient (Wildman–Crippen LogP) is 3.61. The third-order valence-electron chi connectivity index (χ3n) is 7.78. The average Bonchev–Trinajstić information content (AvgIpc) is 3.60. The first kappa shape index (κ1) is 15.0. The molecule has 29 heavy (non-hydrogen) atoms. The SMILES string of the molecule is c1cc2[nH]ncc2cc1-n1nc(C2CC23CC3)nc1-c1cc2n(n1)CC1(CC1)C2. The van der Waals surface area contributed by atoms with Crippen molar-refractivity contribution < 1.29 is 0 Å². The highest BCUT2D eigenvalue weighted by Crippen LogP contribution is 2.74. The Morgan fingerprint density at radius 2 is 2.00 bits per heavy atom. The van der Waals surface area contributed by atoms with Gasteiger partial charge in [-0.2, -0.15) is 15.3 Å². The van der Waals surface area contributed by atoms with Crippen LogP contribution in [0.25, 0.3) is 28.1 Å². The van der Waals surface area contributed by atoms with Gasteiger partial charge in [0.05, 0.1) is 17.4 Å². The number of nitrogens with zero attached hydrogens (tertiary/aromatic N) is 6. The number of nitrogens with one attached hydrogen (secondary N) is 1. The topological polar surface area (TPSA) is 77.2 Å². The van der Waals surface area contributed by atoms with E-state index in [0.717, 1.165) is 46.9 Å². The minimum atomic E-state index is 0.526. The van der Waals surface area contributed by atoms with Crippen molar-refractivity contribution in [2.24, 2.45) is 10.8 Å². The summed E-state index contributed by atoms with van der Waals surface area (Å²) >= 11 is 0. The van der Waals surface area contributed by atoms with Crippen LogP contribution >= 0.6 is 0 Å². The van der Waals surface area contributed by atoms with Crippen molar-refractivity contribution in [2.75, 3.05) is 0 Å². The minimum absolute atomic E-state index is 0.526. The maximum absolute atomic E-state index is 5.04. The fourth-order valence-corrected chi connectivity index (χ4v) is 5.42. The van der Waals surface area contributed by atoms with E-state index in [2.05, 4.69) is 39.1 Å². The largest absolute Gasteiger partial charge is 0.278 e. The lowest BCUT2D eigenvalue weighted by atomic mass is 10.0. The number of hydrogen-bond donors (Lipinski definition) is 1. The summed E-state index contributed by atoms with van der Waals surface area (Å²) in [6, 6.07) is 8.52. The van der Waals surface area contributed by atoms with E-state index in [1.165, 1.54) is 37.8 Å². The van der Waals surface area contributed by atoms with E-state index in [-0.39, 0.29) is 0 Å². The molecule has 0 saturated heterocycles. The molecule has 0 bridgehead atoms. The van der Waals surface area contributed by atoms with E-state index in [1.54, 1.807) is 0 Å². The van der Waals surface area contributed by atoms with Crippen LogP contribution in [0.2, 0.25) is 0 Å². The Hall–Kier alpha value is -2.96. The van der Waals surface area contributed by atoms with Gasteiger partial charge in [0.2, 0.25) is 0 Å². The average molecular weight is 383 g/mol. The summed E-state index contributed by atoms with van der Waals surface area (Å²) in [7, 11) is 0. The molecule has 7 nitrogen and oxygen atoms in total. The van der Waals surface area contributed by atoms with Gasteiger partial charge in [0.15, 0.2) is 11.6 Å². The third-order valence-corrected chi connectivity index (χ3v) is 7.78. The molecule has 3 saturated carbocycles. The van der Waals surface area contributed by atoms with Crippen molar-refractivity contribution in [1.29, 1.82) is 0 Å². The molecule has 4 aliphatic rings. The normalized spacial score (nSPS) is 24.5. The first-order chi connectivity index (χ1) is 14.2. The molecule has 3 aromatic heterocycles. The summed E-state index contributed by atoms with van der Waals surface area (Å²) in [5.74, 6) is 2.40. The van der Waals surface area contributed by atoms with Gasteiger partial charge >= 0.3 is 0 Å². The number of hydrogen-bond acceptors (Lipinski definition) is 4. The smallest absolute Gasteiger partial charge is 0.183 e. The van der Waals surface area contributed by atoms with Gasteiger partial charge in [-0.1, -0.05) is 0 Å². The van der Waals surface area contributed by atoms with Crippen LogP contribution in [0, 0.1) is 10.8 Å². The second kappa shape index (κ2) is 4.61. The van der Waals surface area contributed by atoms with Crippen LogP contribution in [0.4, 0.5) is 0 Å². The molecule has 0 amide bonds. The molecule has 4 aromatic rings. The van der Waals surface area contributed by atoms with Gasteiger partial charge in [-0.25, -0.2) is 9.67 Å². The standard InChI is InChI=1S/C22H21N7/c1-2-17-13(11-23-25-17)7-14(1)29-20(24-19(27-29)16-10-22(16)5-6-22)18-8-15-9-21(3-4-21)12-28(15)26-18/h1-2,7-8,11,16H,3-6,9-10,12H2,(H,23,25). The second-order valence-electron chi connectivity index (χ2n) is 9.82. The van der Waals surface area contributed by atoms with E-state index in [1.807, 2.05) is 10.9 Å². The molecule has 1 aliphatic heterocycles. The van der Waals surface area contributed by atoms with E-state index in [0.29, 0.717) is 16.7 Å². The van der Waals surface area contributed by atoms with E-state index in [4.69, 9.17) is 15.2 Å². The Morgan fingerprint density at radius 3 is 2.79 bits per heavy atom. The lowest BCUT2D eigenvalue weighted by Crippen LogP contribution is -2.05. The number of fused-ring (bicyclic) bond motifs is 2. The van der Waals surface area contributed by atoms with Crippen molar-refractivity contribution in [1.82, 2.24) is 34.7 Å². The van der Waals surface area contributed by atoms with Gasteiger partial charge in [-0.05, 0) is 73.6 Å². The Balaban J connectivity index is 1.27. The zero-order valence-corrected chi connectivity index (χ0v) is 16.1. The van der Waals surface area contributed by atoms with Gasteiger partial charge < -0.3 is 0 Å². The van der Waals surface area contributed by atoms with Crippen LogP contribution in [0.1, 0.15) is 49.5 Å². The first-order valence-corrected chi connectivity index (χ1v) is 10.7. The van der Waals surface area contributed by atoms with Crippen LogP contribution in [0.3, 0.4) is 0 Å². The Kier molecular flexibility index (Phi) is 2.38. The van der Waals surface area contributed by atoms with E-state index >= 15 is 0 Å². The van der Waals surface area contributed by atoms with Crippen LogP contribution in [0.5, 0.6) is 0 Å². The Labute approximate surface area is 167 Å². The van der Waals surface area contributed by atoms with Crippen molar-refractivity contribution in [3.05, 3.63) is 42.0 Å². The molecule has 1 unspecified atom stereocenters. The lowest BCUT2D eigenvalue weighted by Gasteiger charge is -2.05. The molecule has 1 N–H and O–H groups in total. The van der Waals surface area contributed by atoms with Crippen LogP contribution in [0.15, 0.2) is 30.5 Å². The molecule has 0 radical (unpaired) electrons. The molecule has 144 valence electrons. The number of benzene rings is 1. The summed E-state index contributed by atoms with van der Waals surface area (Å²) in [6.45, 7) is 1.07. The maximum atomic E-state index is 5.04. The summed E-state index contributed by atoms with van der Waals surface area (Å²) in [4.78, 5) is 5.04. The third kappa shape index (κ3) is 2.02. The highest BCUT2D eigenvalue weighted by Gasteiger charge is 2.64. The van der Waals surface area contributed by atoms with Crippen molar-refractivity contribution in [3.63, 3.8) is 0 Å². The molecular weight excluding hydrogens is 362 g/mol. The molecule has 4 heterocycles. The van der Waals surface area contributed by atoms with Gasteiger partial charge in [0.1, 0.15) is 5.69 Å². The van der Waals surface area contributed by atoms with Gasteiger partial charge in [0, 0.05) is 23.5 Å². The van der Waals surface area contributed by atoms with E-state index < -0.39 is 0 Å². The summed E-state index contributed by atoms with van der Waals surface area (Å²) in [5, 5.41) is 18.2. The Morgan fingerprint density at radius 1 is 1.07 bits per heavy atom. The summed E-state index contributed by atoms with van der Waals surface area (Å²) in [6.07, 6.45) is 9.64. The number of aromatic amines is 1. The molecule has 1 atom stereocenters. The highest BCUT2D eigenvalue weighted by atomic mass is 15.4. The van der Waals surface area contributed by atoms with Crippen LogP contribution in [-0.2, 0) is 13.0 Å². The fourth-order valence-electron chi connectivity index (χ4n) is 5.42. The summed E-state index contributed by atoms with van der Waals surface area (Å²) < 4.78 is 4.21. The molecule has 7 heteroatoms. The highest BCUT2D eigenvalue weighted by molar-refractivity contribution is 5.80. The quantitative estimate of drug-likeness (QED) is 0.586. The van der Waals surface area contributed by atoms with Crippen LogP contribution < -0.4 is 0 Å². The summed E-state index contributed by atoms with van der Waals surface area (Å²) in [5.41, 5.74) is 5.41. The Bertz CT molecular complexity index is 1290. The predicted molar refractivity (Wildman–Crippen MR) is 107 cm³/mol. The molecule has 3 fully saturated rings. The van der Waals surface area contributed by atoms with Crippen molar-refractivity contribution in [2.45, 2.75) is 51.0 Å². The molecule has 2 spiro atoms. The molecule has 1 aromatic carbocycles. The zero-order chi connectivity index (χ0) is 18.8. The van der Waals surface area contributed by atoms with Gasteiger partial charge in [-0.15, -0.1) is 0 Å². The van der Waals surface area contributed by atoms with E-state index in [9.17, 15) is 0 Å². The number of aromatic nitrogens is 7. The second-order valence-corrected chi connectivity index (χ2v) is 9.82. The fraction of sp³-hybridized carbons (Fsp3) is 0.455. The van der Waals surface area contributed by atoms with Gasteiger partial charge in [-0.3, -0.25) is 9.78 Å². The van der Waals surface area contributed by atoms with Crippen molar-refractivity contribution >= 4 is 10.9 Å².